The van der Waals surface area contributed by atoms with E-state index >= 15 is 0 Å². The molecule has 0 saturated carbocycles. The zero-order valence-corrected chi connectivity index (χ0v) is 11.5. The third-order valence-corrected chi connectivity index (χ3v) is 2.58. The summed E-state index contributed by atoms with van der Waals surface area (Å²) in [4.78, 5) is 19.5. The zero-order chi connectivity index (χ0) is 16.2. The van der Waals surface area contributed by atoms with Gasteiger partial charge in [0, 0.05) is 5.56 Å². The second kappa shape index (κ2) is 6.56. The summed E-state index contributed by atoms with van der Waals surface area (Å²) in [7, 11) is 0. The molecular weight excluding hydrogens is 303 g/mol. The number of nitrogens with zero attached hydrogens (tertiary/aromatic N) is 2. The number of nitrogens with one attached hydrogen (secondary N) is 1. The van der Waals surface area contributed by atoms with Crippen LogP contribution < -0.4 is 5.48 Å². The Labute approximate surface area is 123 Å². The molecule has 1 aromatic carbocycles. The molecule has 2 rings (SSSR count). The Balaban J connectivity index is 2.06. The maximum atomic E-state index is 12.4. The maximum Gasteiger partial charge on any atom is 0.471 e. The van der Waals surface area contributed by atoms with E-state index in [4.69, 9.17) is 4.84 Å². The molecule has 1 N–H and O–H groups in total. The van der Waals surface area contributed by atoms with E-state index in [1.807, 2.05) is 0 Å². The zero-order valence-electron chi connectivity index (χ0n) is 11.5. The van der Waals surface area contributed by atoms with Crippen molar-refractivity contribution in [1.82, 2.24) is 15.6 Å². The van der Waals surface area contributed by atoms with Crippen LogP contribution in [0.3, 0.4) is 0 Å². The van der Waals surface area contributed by atoms with Crippen LogP contribution >= 0.6 is 0 Å². The summed E-state index contributed by atoms with van der Waals surface area (Å²) < 4.78 is 41.3. The van der Waals surface area contributed by atoms with Crippen LogP contribution in [0, 0.1) is 0 Å². The van der Waals surface area contributed by atoms with Crippen molar-refractivity contribution in [1.29, 1.82) is 0 Å². The predicted molar refractivity (Wildman–Crippen MR) is 68.2 cm³/mol. The third kappa shape index (κ3) is 4.04. The molecule has 0 saturated heterocycles. The molecule has 0 aliphatic carbocycles. The Kier molecular flexibility index (Phi) is 4.76. The number of amides is 1. The smallest absolute Gasteiger partial charge is 0.329 e. The van der Waals surface area contributed by atoms with Crippen LogP contribution in [0.2, 0.25) is 0 Å². The summed E-state index contributed by atoms with van der Waals surface area (Å²) in [6.45, 7) is 2.08. The van der Waals surface area contributed by atoms with E-state index in [2.05, 4.69) is 20.1 Å². The molecule has 0 bridgehead atoms. The van der Waals surface area contributed by atoms with Gasteiger partial charge in [-0.15, -0.1) is 0 Å². The van der Waals surface area contributed by atoms with E-state index in [1.165, 1.54) is 12.1 Å². The average molecular weight is 315 g/mol. The molecule has 6 nitrogen and oxygen atoms in total. The van der Waals surface area contributed by atoms with E-state index in [0.717, 1.165) is 0 Å². The quantitative estimate of drug-likeness (QED) is 0.857. The fourth-order valence-corrected chi connectivity index (χ4v) is 1.60. The number of rotatable bonds is 5. The highest BCUT2D eigenvalue weighted by atomic mass is 19.4. The van der Waals surface area contributed by atoms with E-state index in [1.54, 1.807) is 19.1 Å². The van der Waals surface area contributed by atoms with Crippen LogP contribution in [-0.4, -0.2) is 22.7 Å². The molecule has 9 heteroatoms. The van der Waals surface area contributed by atoms with Gasteiger partial charge < -0.3 is 4.52 Å². The van der Waals surface area contributed by atoms with Crippen LogP contribution in [0.15, 0.2) is 28.8 Å². The molecule has 0 radical (unpaired) electrons. The fraction of sp³-hybridized carbons (Fsp3) is 0.308. The molecule has 1 aromatic heterocycles. The lowest BCUT2D eigenvalue weighted by molar-refractivity contribution is -0.159. The minimum atomic E-state index is -4.68. The van der Waals surface area contributed by atoms with Crippen LogP contribution in [0.5, 0.6) is 0 Å². The first-order valence-electron chi connectivity index (χ1n) is 6.31. The maximum absolute atomic E-state index is 12.4. The van der Waals surface area contributed by atoms with E-state index in [0.29, 0.717) is 17.7 Å². The van der Waals surface area contributed by atoms with Gasteiger partial charge in [0.25, 0.3) is 0 Å². The summed E-state index contributed by atoms with van der Waals surface area (Å²) in [5, 5.41) is 3.28. The first-order chi connectivity index (χ1) is 10.4. The topological polar surface area (TPSA) is 77.2 Å². The lowest BCUT2D eigenvalue weighted by Crippen LogP contribution is -2.25. The highest BCUT2D eigenvalue weighted by Crippen LogP contribution is 2.29. The molecule has 0 fully saturated rings. The Hall–Kier alpha value is -2.42. The number of hydrogen-bond donors (Lipinski definition) is 1. The number of alkyl halides is 3. The summed E-state index contributed by atoms with van der Waals surface area (Å²) >= 11 is 0. The van der Waals surface area contributed by atoms with E-state index < -0.39 is 12.1 Å². The second-order valence-electron chi connectivity index (χ2n) is 4.25. The van der Waals surface area contributed by atoms with E-state index in [-0.39, 0.29) is 18.2 Å². The number of benzene rings is 1. The van der Waals surface area contributed by atoms with Crippen LogP contribution in [0.25, 0.3) is 11.4 Å². The standard InChI is InChI=1S/C13H12F3N3O3/c1-2-21-18-10(20)7-8-3-5-9(6-4-8)11-17-12(22-19-11)13(14,15)16/h3-6H,2,7H2,1H3,(H,18,20). The van der Waals surface area contributed by atoms with Gasteiger partial charge >= 0.3 is 12.1 Å². The molecule has 1 heterocycles. The predicted octanol–water partition coefficient (Wildman–Crippen LogP) is 2.37. The minimum absolute atomic E-state index is 0.0837. The molecule has 22 heavy (non-hydrogen) atoms. The second-order valence-corrected chi connectivity index (χ2v) is 4.25. The molecule has 2 aromatic rings. The van der Waals surface area contributed by atoms with Crippen molar-refractivity contribution in [3.63, 3.8) is 0 Å². The highest BCUT2D eigenvalue weighted by Gasteiger charge is 2.38. The van der Waals surface area contributed by atoms with Crippen molar-refractivity contribution in [2.45, 2.75) is 19.5 Å². The summed E-state index contributed by atoms with van der Waals surface area (Å²) in [5.74, 6) is -1.89. The largest absolute Gasteiger partial charge is 0.471 e. The first-order valence-corrected chi connectivity index (χ1v) is 6.31. The van der Waals surface area contributed by atoms with Gasteiger partial charge in [-0.25, -0.2) is 5.48 Å². The SMILES string of the molecule is CCONC(=O)Cc1ccc(-c2noc(C(F)(F)F)n2)cc1. The normalized spacial score (nSPS) is 11.5. The average Bonchev–Trinajstić information content (AvgIpc) is 2.96. The van der Waals surface area contributed by atoms with Gasteiger partial charge in [0.05, 0.1) is 13.0 Å². The number of hydrogen-bond acceptors (Lipinski definition) is 5. The third-order valence-electron chi connectivity index (χ3n) is 2.58. The molecule has 0 atom stereocenters. The Morgan fingerprint density at radius 2 is 2.00 bits per heavy atom. The Morgan fingerprint density at radius 3 is 2.55 bits per heavy atom. The molecule has 1 amide bonds. The number of halogens is 3. The molecule has 118 valence electrons. The van der Waals surface area contributed by atoms with Crippen LogP contribution in [0.4, 0.5) is 13.2 Å². The summed E-state index contributed by atoms with van der Waals surface area (Å²) in [5.41, 5.74) is 3.27. The van der Waals surface area contributed by atoms with Crippen LogP contribution in [0.1, 0.15) is 18.4 Å². The lowest BCUT2D eigenvalue weighted by atomic mass is 10.1. The van der Waals surface area contributed by atoms with Crippen molar-refractivity contribution < 1.29 is 27.3 Å². The van der Waals surface area contributed by atoms with Gasteiger partial charge in [-0.3, -0.25) is 9.63 Å². The minimum Gasteiger partial charge on any atom is -0.329 e. The van der Waals surface area contributed by atoms with E-state index in [9.17, 15) is 18.0 Å². The number of aromatic nitrogens is 2. The highest BCUT2D eigenvalue weighted by molar-refractivity contribution is 5.77. The van der Waals surface area contributed by atoms with Crippen molar-refractivity contribution in [3.05, 3.63) is 35.7 Å². The summed E-state index contributed by atoms with van der Waals surface area (Å²) in [6.07, 6.45) is -4.59. The van der Waals surface area contributed by atoms with Gasteiger partial charge in [0.1, 0.15) is 0 Å². The van der Waals surface area contributed by atoms with Crippen molar-refractivity contribution in [3.8, 4) is 11.4 Å². The van der Waals surface area contributed by atoms with Gasteiger partial charge in [-0.05, 0) is 12.5 Å². The Bertz CT molecular complexity index is 638. The number of hydroxylamine groups is 1. The van der Waals surface area contributed by atoms with Gasteiger partial charge in [0.15, 0.2) is 0 Å². The lowest BCUT2D eigenvalue weighted by Gasteiger charge is -2.04. The molecule has 0 aliphatic rings. The first kappa shape index (κ1) is 16.0. The van der Waals surface area contributed by atoms with Crippen LogP contribution in [-0.2, 0) is 22.2 Å². The van der Waals surface area contributed by atoms with Crippen molar-refractivity contribution >= 4 is 5.91 Å². The van der Waals surface area contributed by atoms with Gasteiger partial charge in [-0.1, -0.05) is 29.4 Å². The number of carbonyl (C=O) groups excluding carboxylic acids is 1. The molecule has 0 spiro atoms. The summed E-state index contributed by atoms with van der Waals surface area (Å²) in [6, 6.07) is 6.19. The fourth-order valence-electron chi connectivity index (χ4n) is 1.60. The van der Waals surface area contributed by atoms with Gasteiger partial charge in [0.2, 0.25) is 11.7 Å². The molecule has 0 aliphatic heterocycles. The van der Waals surface area contributed by atoms with Crippen molar-refractivity contribution in [2.75, 3.05) is 6.61 Å². The Morgan fingerprint density at radius 1 is 1.32 bits per heavy atom. The van der Waals surface area contributed by atoms with Crippen molar-refractivity contribution in [2.24, 2.45) is 0 Å². The number of carbonyl (C=O) groups is 1. The molecule has 0 unspecified atom stereocenters. The monoisotopic (exact) mass is 315 g/mol. The van der Waals surface area contributed by atoms with Gasteiger partial charge in [-0.2, -0.15) is 18.2 Å². The molecular formula is C13H12F3N3O3.